The van der Waals surface area contributed by atoms with Crippen molar-refractivity contribution in [1.82, 2.24) is 5.32 Å². The molecule has 3 nitrogen and oxygen atoms in total. The highest BCUT2D eigenvalue weighted by Crippen LogP contribution is 2.66. The second kappa shape index (κ2) is 3.38. The summed E-state index contributed by atoms with van der Waals surface area (Å²) in [5.74, 6) is -0.219. The third-order valence-corrected chi connectivity index (χ3v) is 4.15. The molecule has 14 heavy (non-hydrogen) atoms. The largest absolute Gasteiger partial charge is 0.465 e. The lowest BCUT2D eigenvalue weighted by atomic mass is 9.92. The van der Waals surface area contributed by atoms with E-state index in [0.717, 1.165) is 32.4 Å². The van der Waals surface area contributed by atoms with Gasteiger partial charge in [0.25, 0.3) is 0 Å². The van der Waals surface area contributed by atoms with Crippen LogP contribution in [0.2, 0.25) is 0 Å². The Morgan fingerprint density at radius 3 is 2.71 bits per heavy atom. The number of piperidine rings is 1. The van der Waals surface area contributed by atoms with E-state index in [-0.39, 0.29) is 11.4 Å². The van der Waals surface area contributed by atoms with Crippen LogP contribution in [-0.2, 0) is 9.53 Å². The van der Waals surface area contributed by atoms with Crippen molar-refractivity contribution >= 4 is 17.6 Å². The van der Waals surface area contributed by atoms with E-state index >= 15 is 0 Å². The first kappa shape index (κ1) is 10.2. The van der Waals surface area contributed by atoms with E-state index in [9.17, 15) is 4.79 Å². The summed E-state index contributed by atoms with van der Waals surface area (Å²) in [4.78, 5) is 10.9. The van der Waals surface area contributed by atoms with E-state index in [2.05, 4.69) is 5.32 Å². The minimum atomic E-state index is -0.703. The van der Waals surface area contributed by atoms with Crippen molar-refractivity contribution in [2.24, 2.45) is 5.41 Å². The molecule has 1 N–H and O–H groups in total. The molecule has 0 radical (unpaired) electrons. The van der Waals surface area contributed by atoms with Gasteiger partial charge in [0, 0.05) is 5.41 Å². The average molecular weight is 218 g/mol. The standard InChI is InChI=1S/C10H16ClNO2/c1-2-14-8(13)10(11)7-9(10)3-5-12-6-4-9/h12H,2-7H2,1H3. The minimum absolute atomic E-state index is 0.0338. The van der Waals surface area contributed by atoms with Crippen LogP contribution in [0, 0.1) is 5.41 Å². The number of hydrogen-bond acceptors (Lipinski definition) is 3. The summed E-state index contributed by atoms with van der Waals surface area (Å²) in [5.41, 5.74) is 0.0338. The van der Waals surface area contributed by atoms with Crippen molar-refractivity contribution in [2.45, 2.75) is 31.1 Å². The average Bonchev–Trinajstić information content (AvgIpc) is 2.74. The van der Waals surface area contributed by atoms with E-state index in [1.165, 1.54) is 0 Å². The van der Waals surface area contributed by atoms with Crippen LogP contribution in [0.15, 0.2) is 0 Å². The second-order valence-corrected chi connectivity index (χ2v) is 4.87. The molecule has 80 valence electrons. The quantitative estimate of drug-likeness (QED) is 0.560. The molecule has 1 aliphatic heterocycles. The van der Waals surface area contributed by atoms with Gasteiger partial charge in [-0.3, -0.25) is 4.79 Å². The fraction of sp³-hybridized carbons (Fsp3) is 0.900. The van der Waals surface area contributed by atoms with Gasteiger partial charge in [-0.2, -0.15) is 0 Å². The fourth-order valence-corrected chi connectivity index (χ4v) is 2.93. The van der Waals surface area contributed by atoms with Crippen LogP contribution >= 0.6 is 11.6 Å². The smallest absolute Gasteiger partial charge is 0.327 e. The summed E-state index contributed by atoms with van der Waals surface area (Å²) in [5, 5.41) is 3.28. The highest BCUT2D eigenvalue weighted by molar-refractivity contribution is 6.37. The number of halogens is 1. The SMILES string of the molecule is CCOC(=O)C1(Cl)CC12CCNCC2. The molecule has 1 unspecified atom stereocenters. The predicted molar refractivity (Wildman–Crippen MR) is 54.4 cm³/mol. The van der Waals surface area contributed by atoms with E-state index in [4.69, 9.17) is 16.3 Å². The minimum Gasteiger partial charge on any atom is -0.465 e. The molecule has 2 fully saturated rings. The molecule has 1 atom stereocenters. The molecule has 1 aliphatic carbocycles. The summed E-state index contributed by atoms with van der Waals surface area (Å²) in [6, 6.07) is 0. The molecule has 0 bridgehead atoms. The van der Waals surface area contributed by atoms with Gasteiger partial charge < -0.3 is 10.1 Å². The Morgan fingerprint density at radius 2 is 2.14 bits per heavy atom. The Bertz CT molecular complexity index is 251. The lowest BCUT2D eigenvalue weighted by molar-refractivity contribution is -0.144. The van der Waals surface area contributed by atoms with E-state index in [0.29, 0.717) is 6.61 Å². The molecule has 1 heterocycles. The van der Waals surface area contributed by atoms with Crippen molar-refractivity contribution in [3.8, 4) is 0 Å². The summed E-state index contributed by atoms with van der Waals surface area (Å²) >= 11 is 6.31. The number of hydrogen-bond donors (Lipinski definition) is 1. The highest BCUT2D eigenvalue weighted by atomic mass is 35.5. The summed E-state index contributed by atoms with van der Waals surface area (Å²) < 4.78 is 5.01. The molecule has 0 aromatic heterocycles. The van der Waals surface area contributed by atoms with Crippen molar-refractivity contribution < 1.29 is 9.53 Å². The number of alkyl halides is 1. The zero-order chi connectivity index (χ0) is 10.2. The van der Waals surface area contributed by atoms with Gasteiger partial charge in [-0.15, -0.1) is 11.6 Å². The van der Waals surface area contributed by atoms with Crippen LogP contribution in [-0.4, -0.2) is 30.5 Å². The van der Waals surface area contributed by atoms with Gasteiger partial charge in [0.05, 0.1) is 6.61 Å². The maximum absolute atomic E-state index is 11.6. The number of ether oxygens (including phenoxy) is 1. The maximum Gasteiger partial charge on any atom is 0.327 e. The second-order valence-electron chi connectivity index (χ2n) is 4.23. The van der Waals surface area contributed by atoms with E-state index in [1.54, 1.807) is 0 Å². The van der Waals surface area contributed by atoms with Crippen molar-refractivity contribution in [1.29, 1.82) is 0 Å². The fourth-order valence-electron chi connectivity index (χ4n) is 2.43. The van der Waals surface area contributed by atoms with Crippen LogP contribution in [0.1, 0.15) is 26.2 Å². The normalized spacial score (nSPS) is 34.1. The van der Waals surface area contributed by atoms with Gasteiger partial charge in [-0.25, -0.2) is 0 Å². The lowest BCUT2D eigenvalue weighted by Gasteiger charge is -2.25. The van der Waals surface area contributed by atoms with E-state index < -0.39 is 4.87 Å². The van der Waals surface area contributed by atoms with Crippen LogP contribution in [0.4, 0.5) is 0 Å². The van der Waals surface area contributed by atoms with Gasteiger partial charge in [0.15, 0.2) is 0 Å². The topological polar surface area (TPSA) is 38.3 Å². The van der Waals surface area contributed by atoms with Crippen molar-refractivity contribution in [3.05, 3.63) is 0 Å². The Morgan fingerprint density at radius 1 is 1.50 bits per heavy atom. The number of rotatable bonds is 2. The van der Waals surface area contributed by atoms with Gasteiger partial charge in [-0.05, 0) is 39.3 Å². The monoisotopic (exact) mass is 217 g/mol. The zero-order valence-electron chi connectivity index (χ0n) is 8.44. The molecule has 2 aliphatic rings. The van der Waals surface area contributed by atoms with Crippen molar-refractivity contribution in [3.63, 3.8) is 0 Å². The Kier molecular flexibility index (Phi) is 2.48. The van der Waals surface area contributed by atoms with Gasteiger partial charge in [0.1, 0.15) is 4.87 Å². The molecule has 2 rings (SSSR count). The highest BCUT2D eigenvalue weighted by Gasteiger charge is 2.71. The van der Waals surface area contributed by atoms with Crippen LogP contribution in [0.5, 0.6) is 0 Å². The molecular formula is C10H16ClNO2. The first-order chi connectivity index (χ1) is 6.65. The third kappa shape index (κ3) is 1.34. The number of nitrogens with one attached hydrogen (secondary N) is 1. The Balaban J connectivity index is 2.02. The van der Waals surface area contributed by atoms with Gasteiger partial charge >= 0.3 is 5.97 Å². The van der Waals surface area contributed by atoms with Crippen LogP contribution < -0.4 is 5.32 Å². The predicted octanol–water partition coefficient (Wildman–Crippen LogP) is 1.30. The molecule has 4 heteroatoms. The van der Waals surface area contributed by atoms with Crippen LogP contribution in [0.3, 0.4) is 0 Å². The molecular weight excluding hydrogens is 202 g/mol. The molecule has 1 saturated heterocycles. The van der Waals surface area contributed by atoms with Crippen molar-refractivity contribution in [2.75, 3.05) is 19.7 Å². The summed E-state index contributed by atoms with van der Waals surface area (Å²) in [6.07, 6.45) is 2.78. The van der Waals surface area contributed by atoms with Gasteiger partial charge in [0.2, 0.25) is 0 Å². The number of carbonyl (C=O) groups is 1. The summed E-state index contributed by atoms with van der Waals surface area (Å²) in [7, 11) is 0. The zero-order valence-corrected chi connectivity index (χ0v) is 9.19. The van der Waals surface area contributed by atoms with Crippen LogP contribution in [0.25, 0.3) is 0 Å². The molecule has 1 saturated carbocycles. The first-order valence-electron chi connectivity index (χ1n) is 5.21. The number of esters is 1. The Hall–Kier alpha value is -0.280. The van der Waals surface area contributed by atoms with E-state index in [1.807, 2.05) is 6.92 Å². The molecule has 1 spiro atoms. The number of carbonyl (C=O) groups excluding carboxylic acids is 1. The first-order valence-corrected chi connectivity index (χ1v) is 5.59. The third-order valence-electron chi connectivity index (χ3n) is 3.46. The van der Waals surface area contributed by atoms with Gasteiger partial charge in [-0.1, -0.05) is 0 Å². The Labute approximate surface area is 89.1 Å². The maximum atomic E-state index is 11.6. The molecule has 0 aromatic rings. The molecule has 0 aromatic carbocycles. The molecule has 0 amide bonds. The lowest BCUT2D eigenvalue weighted by Crippen LogP contribution is -2.36. The summed E-state index contributed by atoms with van der Waals surface area (Å²) in [6.45, 7) is 4.17.